The Morgan fingerprint density at radius 3 is 1.81 bits per heavy atom. The van der Waals surface area contributed by atoms with Crippen molar-refractivity contribution < 1.29 is 28.7 Å². The summed E-state index contributed by atoms with van der Waals surface area (Å²) in [6.07, 6.45) is 30.6. The molecular weight excluding hydrogens is 935 g/mol. The van der Waals surface area contributed by atoms with Crippen molar-refractivity contribution in [2.24, 2.45) is 5.92 Å². The first-order valence-corrected chi connectivity index (χ1v) is 29.9. The highest BCUT2D eigenvalue weighted by atomic mass is 16.5. The average molecular weight is 1030 g/mol. The van der Waals surface area contributed by atoms with Gasteiger partial charge in [-0.3, -0.25) is 34.0 Å². The minimum atomic E-state index is -0.672. The van der Waals surface area contributed by atoms with Crippen LogP contribution in [-0.4, -0.2) is 88.5 Å². The minimum Gasteiger partial charge on any atom is -0.461 e. The Kier molecular flexibility index (Phi) is 28.5. The zero-order chi connectivity index (χ0) is 53.5. The molecule has 0 saturated carbocycles. The lowest BCUT2D eigenvalue weighted by atomic mass is 9.91. The highest BCUT2D eigenvalue weighted by Gasteiger charge is 2.40. The molecule has 5 atom stereocenters. The zero-order valence-corrected chi connectivity index (χ0v) is 47.3. The van der Waals surface area contributed by atoms with Gasteiger partial charge < -0.3 is 20.1 Å². The number of nitrogens with one attached hydrogen (secondary N) is 2. The lowest BCUT2D eigenvalue weighted by Crippen LogP contribution is -2.62. The highest BCUT2D eigenvalue weighted by molar-refractivity contribution is 5.83. The molecule has 2 heterocycles. The van der Waals surface area contributed by atoms with E-state index in [4.69, 9.17) is 9.47 Å². The van der Waals surface area contributed by atoms with E-state index in [9.17, 15) is 14.4 Å². The maximum absolute atomic E-state index is 15.1. The quantitative estimate of drug-likeness (QED) is 0.0428. The number of aromatic nitrogens is 1. The summed E-state index contributed by atoms with van der Waals surface area (Å²) in [4.78, 5) is 65.6. The summed E-state index contributed by atoms with van der Waals surface area (Å²) in [5.74, 6) is -1.34. The summed E-state index contributed by atoms with van der Waals surface area (Å²) in [6, 6.07) is 21.0. The number of nitrogens with zero attached hydrogens (tertiary/aromatic N) is 3. The molecule has 1 saturated heterocycles. The average Bonchev–Trinajstić information content (AvgIpc) is 3.73. The first-order chi connectivity index (χ1) is 36.4. The van der Waals surface area contributed by atoms with Gasteiger partial charge in [0.25, 0.3) is 0 Å². The Bertz CT molecular complexity index is 2060. The molecule has 11 nitrogen and oxygen atoms in total. The maximum Gasteiger partial charge on any atom is 0.306 e. The number of hydrogen-bond acceptors (Lipinski definition) is 9. The molecule has 11 heteroatoms. The Morgan fingerprint density at radius 1 is 0.667 bits per heavy atom. The number of hydrogen-bond donors (Lipinski definition) is 2. The topological polar surface area (TPSA) is 130 Å². The molecule has 1 aromatic heterocycles. The van der Waals surface area contributed by atoms with E-state index in [-0.39, 0.29) is 30.2 Å². The van der Waals surface area contributed by atoms with Gasteiger partial charge in [-0.15, -0.1) is 0 Å². The van der Waals surface area contributed by atoms with E-state index in [1.165, 1.54) is 103 Å². The maximum atomic E-state index is 15.1. The first kappa shape index (κ1) is 61.2. The third-order valence-corrected chi connectivity index (χ3v) is 15.2. The molecule has 0 bridgehead atoms. The van der Waals surface area contributed by atoms with Gasteiger partial charge in [-0.25, -0.2) is 0 Å². The lowest BCUT2D eigenvalue weighted by Gasteiger charge is -2.42. The van der Waals surface area contributed by atoms with E-state index in [2.05, 4.69) is 51.4 Å². The van der Waals surface area contributed by atoms with Crippen molar-refractivity contribution in [3.8, 4) is 0 Å². The van der Waals surface area contributed by atoms with Crippen molar-refractivity contribution >= 4 is 23.8 Å². The molecule has 0 radical (unpaired) electrons. The van der Waals surface area contributed by atoms with Crippen LogP contribution in [0.2, 0.25) is 0 Å². The lowest BCUT2D eigenvalue weighted by molar-refractivity contribution is -0.153. The van der Waals surface area contributed by atoms with Crippen LogP contribution in [0.3, 0.4) is 0 Å². The number of ether oxygens (including phenoxy) is 2. The van der Waals surface area contributed by atoms with Gasteiger partial charge in [0.15, 0.2) is 0 Å². The summed E-state index contributed by atoms with van der Waals surface area (Å²) < 4.78 is 12.8. The fourth-order valence-corrected chi connectivity index (χ4v) is 11.1. The zero-order valence-electron chi connectivity index (χ0n) is 47.3. The van der Waals surface area contributed by atoms with Crippen LogP contribution < -0.4 is 10.6 Å². The fraction of sp³-hybridized carbons (Fsp3) is 0.672. The number of unbranched alkanes of at least 4 members (excludes halogenated alkanes) is 20. The summed E-state index contributed by atoms with van der Waals surface area (Å²) in [6.45, 7) is 13.2. The molecule has 416 valence electrons. The van der Waals surface area contributed by atoms with Gasteiger partial charge in [-0.1, -0.05) is 203 Å². The van der Waals surface area contributed by atoms with Crippen molar-refractivity contribution in [3.05, 3.63) is 101 Å². The number of fused-ring (bicyclic) bond motifs is 1. The van der Waals surface area contributed by atoms with Crippen LogP contribution in [-0.2, 0) is 48.0 Å². The van der Waals surface area contributed by atoms with Crippen LogP contribution in [0.1, 0.15) is 223 Å². The van der Waals surface area contributed by atoms with Gasteiger partial charge in [-0.2, -0.15) is 0 Å². The molecule has 2 N–H and O–H groups in total. The molecule has 75 heavy (non-hydrogen) atoms. The molecular formula is C64H99N5O6. The molecule has 5 rings (SSSR count). The number of pyridine rings is 1. The Balaban J connectivity index is 1.29. The molecule has 1 aliphatic carbocycles. The third kappa shape index (κ3) is 24.1. The van der Waals surface area contributed by atoms with Gasteiger partial charge in [0.05, 0.1) is 6.04 Å². The number of carbonyl (C=O) groups is 4. The molecule has 2 amide bonds. The number of benzene rings is 2. The normalized spacial score (nSPS) is 17.7. The second-order valence-electron chi connectivity index (χ2n) is 23.1. The van der Waals surface area contributed by atoms with E-state index >= 15 is 4.79 Å². The van der Waals surface area contributed by atoms with Crippen molar-refractivity contribution in [3.63, 3.8) is 0 Å². The van der Waals surface area contributed by atoms with Gasteiger partial charge in [0.2, 0.25) is 11.8 Å². The van der Waals surface area contributed by atoms with Gasteiger partial charge in [0, 0.05) is 75.8 Å². The summed E-state index contributed by atoms with van der Waals surface area (Å²) in [5.41, 5.74) is 3.65. The molecule has 2 aromatic carbocycles. The van der Waals surface area contributed by atoms with Crippen LogP contribution in [0.25, 0.3) is 0 Å². The summed E-state index contributed by atoms with van der Waals surface area (Å²) in [7, 11) is 0. The number of carbonyl (C=O) groups excluding carboxylic acids is 4. The molecule has 0 unspecified atom stereocenters. The largest absolute Gasteiger partial charge is 0.461 e. The molecule has 1 aliphatic heterocycles. The summed E-state index contributed by atoms with van der Waals surface area (Å²) >= 11 is 0. The van der Waals surface area contributed by atoms with Crippen LogP contribution in [0.4, 0.5) is 0 Å². The Morgan fingerprint density at radius 2 is 1.23 bits per heavy atom. The number of rotatable bonds is 37. The van der Waals surface area contributed by atoms with E-state index in [1.54, 1.807) is 6.20 Å². The molecule has 1 fully saturated rings. The van der Waals surface area contributed by atoms with Crippen LogP contribution in [0.15, 0.2) is 79.1 Å². The first-order valence-electron chi connectivity index (χ1n) is 29.9. The second kappa shape index (κ2) is 34.9. The fourth-order valence-electron chi connectivity index (χ4n) is 11.1. The highest BCUT2D eigenvalue weighted by Crippen LogP contribution is 2.35. The van der Waals surface area contributed by atoms with Crippen molar-refractivity contribution in [1.29, 1.82) is 0 Å². The van der Waals surface area contributed by atoms with E-state index in [0.717, 1.165) is 60.8 Å². The van der Waals surface area contributed by atoms with Gasteiger partial charge in [-0.05, 0) is 74.8 Å². The second-order valence-corrected chi connectivity index (χ2v) is 23.1. The predicted octanol–water partition coefficient (Wildman–Crippen LogP) is 13.4. The predicted molar refractivity (Wildman–Crippen MR) is 304 cm³/mol. The minimum absolute atomic E-state index is 0.0769. The number of esters is 2. The monoisotopic (exact) mass is 1030 g/mol. The van der Waals surface area contributed by atoms with E-state index < -0.39 is 35.7 Å². The van der Waals surface area contributed by atoms with Crippen molar-refractivity contribution in [2.75, 3.05) is 26.2 Å². The molecule has 0 spiro atoms. The van der Waals surface area contributed by atoms with Crippen LogP contribution in [0.5, 0.6) is 0 Å². The molecule has 3 aromatic rings. The Hall–Kier alpha value is -4.61. The number of amides is 2. The smallest absolute Gasteiger partial charge is 0.306 e. The third-order valence-electron chi connectivity index (χ3n) is 15.2. The van der Waals surface area contributed by atoms with Crippen LogP contribution >= 0.6 is 0 Å². The van der Waals surface area contributed by atoms with E-state index in [0.29, 0.717) is 58.4 Å². The van der Waals surface area contributed by atoms with Gasteiger partial charge in [0.1, 0.15) is 18.2 Å². The van der Waals surface area contributed by atoms with Gasteiger partial charge >= 0.3 is 11.9 Å². The number of piperazine rings is 1. The van der Waals surface area contributed by atoms with Crippen LogP contribution in [0, 0.1) is 5.92 Å². The summed E-state index contributed by atoms with van der Waals surface area (Å²) in [5, 5.41) is 6.64. The Labute approximate surface area is 453 Å². The standard InChI is InChI=1S/C64H99N5O6/c1-6-8-10-12-14-16-18-20-22-24-29-39-59(70)74-55(49-69-43-42-68(48-52-36-33-41-65-47-52)50-57(69)63(73)67-64(3,4)5)45-54(44-51-34-27-26-28-35-51)62(72)66-61-56-38-32-31-37-53(56)46-58(61)75-60(71)40-30-25-23-21-19-17-15-13-11-9-7-2/h26-28,31-38,41,47,54-55,57-58,61H,6-25,29-30,39-40,42-46,48-50H2,1-5H3,(H,66,72)(H,67,73)/t54-,55+,57+,58-,61+/m1/s1. The SMILES string of the molecule is CCCCCCCCCCCCCC(=O)O[C@@H](C[C@@H](Cc1ccccc1)C(=O)N[C@H]1c2ccccc2C[C@H]1OC(=O)CCCCCCCCCCCCC)CN1CCN(Cc2cccnc2)C[C@H]1C(=O)NC(C)(C)C. The molecule has 2 aliphatic rings. The van der Waals surface area contributed by atoms with Crippen molar-refractivity contribution in [1.82, 2.24) is 25.4 Å². The van der Waals surface area contributed by atoms with Crippen molar-refractivity contribution in [2.45, 2.75) is 244 Å². The van der Waals surface area contributed by atoms with E-state index in [1.807, 2.05) is 81.6 Å².